The van der Waals surface area contributed by atoms with Gasteiger partial charge in [0.2, 0.25) is 5.91 Å². The molecule has 4 N–H and O–H groups in total. The molecule has 0 fully saturated rings. The highest BCUT2D eigenvalue weighted by atomic mass is 32.2. The Balaban J connectivity index is 1.76. The number of ether oxygens (including phenoxy) is 1. The van der Waals surface area contributed by atoms with E-state index in [2.05, 4.69) is 25.8 Å². The van der Waals surface area contributed by atoms with Crippen LogP contribution in [0.1, 0.15) is 18.1 Å². The van der Waals surface area contributed by atoms with Crippen LogP contribution >= 0.6 is 0 Å². The van der Waals surface area contributed by atoms with E-state index in [9.17, 15) is 28.0 Å². The molecule has 0 bridgehead atoms. The molecule has 206 valence electrons. The molecule has 0 aromatic heterocycles. The van der Waals surface area contributed by atoms with E-state index in [0.29, 0.717) is 22.6 Å². The molecule has 0 saturated carbocycles. The Bertz CT molecular complexity index is 1820. The number of aryl methyl sites for hydroxylation is 2. The van der Waals surface area contributed by atoms with Crippen LogP contribution in [0.25, 0.3) is 10.8 Å². The van der Waals surface area contributed by atoms with Crippen molar-refractivity contribution in [1.29, 1.82) is 0 Å². The number of methoxy groups -OCH3 is 1. The van der Waals surface area contributed by atoms with Crippen LogP contribution in [0.4, 0.5) is 28.4 Å². The van der Waals surface area contributed by atoms with Crippen molar-refractivity contribution in [3.8, 4) is 17.2 Å². The summed E-state index contributed by atoms with van der Waals surface area (Å²) in [5.74, 6) is -0.516. The second kappa shape index (κ2) is 11.1. The quantitative estimate of drug-likeness (QED) is 0.139. The summed E-state index contributed by atoms with van der Waals surface area (Å²) >= 11 is 0. The molecule has 4 aromatic carbocycles. The summed E-state index contributed by atoms with van der Waals surface area (Å²) in [4.78, 5) is 10.7. The predicted octanol–water partition coefficient (Wildman–Crippen LogP) is 6.91. The Labute approximate surface area is 229 Å². The second-order valence-electron chi connectivity index (χ2n) is 8.85. The van der Waals surface area contributed by atoms with Crippen molar-refractivity contribution in [2.75, 3.05) is 12.4 Å². The number of amides is 1. The van der Waals surface area contributed by atoms with Crippen molar-refractivity contribution >= 4 is 55.2 Å². The normalized spacial score (nSPS) is 11.9. The number of nitrogens with zero attached hydrogens (tertiary/aromatic N) is 4. The fraction of sp³-hybridized carbons (Fsp3) is 0.148. The molecule has 0 radical (unpaired) electrons. The lowest BCUT2D eigenvalue weighted by Crippen LogP contribution is -2.05. The van der Waals surface area contributed by atoms with Crippen LogP contribution in [-0.2, 0) is 14.9 Å². The maximum atomic E-state index is 12.2. The van der Waals surface area contributed by atoms with Gasteiger partial charge in [0.25, 0.3) is 10.1 Å². The van der Waals surface area contributed by atoms with E-state index in [-0.39, 0.29) is 33.9 Å². The van der Waals surface area contributed by atoms with Gasteiger partial charge in [-0.3, -0.25) is 9.35 Å². The van der Waals surface area contributed by atoms with Crippen molar-refractivity contribution < 1.29 is 32.7 Å². The van der Waals surface area contributed by atoms with Gasteiger partial charge in [-0.05, 0) is 78.9 Å². The number of hydrogen-bond acceptors (Lipinski definition) is 10. The third-order valence-electron chi connectivity index (χ3n) is 5.85. The van der Waals surface area contributed by atoms with E-state index in [1.165, 1.54) is 38.3 Å². The van der Waals surface area contributed by atoms with Crippen molar-refractivity contribution in [2.24, 2.45) is 20.5 Å². The van der Waals surface area contributed by atoms with Crippen LogP contribution in [0.3, 0.4) is 0 Å². The minimum Gasteiger partial charge on any atom is -0.508 e. The number of azo groups is 2. The lowest BCUT2D eigenvalue weighted by molar-refractivity contribution is -0.114. The van der Waals surface area contributed by atoms with Crippen molar-refractivity contribution in [3.63, 3.8) is 0 Å². The molecule has 0 heterocycles. The van der Waals surface area contributed by atoms with Gasteiger partial charge >= 0.3 is 0 Å². The molecule has 0 spiro atoms. The van der Waals surface area contributed by atoms with Gasteiger partial charge in [0.1, 0.15) is 27.8 Å². The highest BCUT2D eigenvalue weighted by Crippen LogP contribution is 2.43. The Hall–Kier alpha value is -4.88. The number of hydrogen-bond donors (Lipinski definition) is 4. The summed E-state index contributed by atoms with van der Waals surface area (Å²) in [7, 11) is -3.43. The van der Waals surface area contributed by atoms with E-state index in [0.717, 1.165) is 11.6 Å². The van der Waals surface area contributed by atoms with Gasteiger partial charge < -0.3 is 20.3 Å². The largest absolute Gasteiger partial charge is 0.508 e. The van der Waals surface area contributed by atoms with E-state index < -0.39 is 26.5 Å². The van der Waals surface area contributed by atoms with E-state index >= 15 is 0 Å². The Morgan fingerprint density at radius 2 is 1.52 bits per heavy atom. The van der Waals surface area contributed by atoms with Crippen LogP contribution in [0.15, 0.2) is 79.9 Å². The number of aromatic hydroxyl groups is 2. The number of benzene rings is 4. The number of nitrogens with one attached hydrogen (secondary N) is 1. The number of carbonyl (C=O) groups is 1. The van der Waals surface area contributed by atoms with Gasteiger partial charge in [0.05, 0.1) is 18.5 Å². The number of rotatable bonds is 7. The molecular formula is C27H25N5O7S. The Morgan fingerprint density at radius 3 is 2.17 bits per heavy atom. The molecule has 4 rings (SSSR count). The second-order valence-corrected chi connectivity index (χ2v) is 10.2. The zero-order chi connectivity index (χ0) is 29.2. The molecule has 0 atom stereocenters. The molecule has 0 unspecified atom stereocenters. The van der Waals surface area contributed by atoms with Crippen LogP contribution in [0, 0.1) is 13.8 Å². The standard InChI is InChI=1S/C27H25N5O7S/c1-14-9-19(34)6-8-21(14)29-30-22-13-24(39-4)23(10-15(22)2)31-32-26-25(40(36,37)38)12-17-11-18(28-16(3)33)5-7-20(17)27(26)35/h5-13,34-35H,1-4H3,(H,28,33)(H,36,37,38). The maximum Gasteiger partial charge on any atom is 0.296 e. The van der Waals surface area contributed by atoms with E-state index in [1.54, 1.807) is 38.1 Å². The lowest BCUT2D eigenvalue weighted by Gasteiger charge is -2.11. The minimum absolute atomic E-state index is 0.119. The molecule has 40 heavy (non-hydrogen) atoms. The molecule has 4 aromatic rings. The van der Waals surface area contributed by atoms with Gasteiger partial charge in [-0.1, -0.05) is 0 Å². The van der Waals surface area contributed by atoms with Crippen molar-refractivity contribution in [1.82, 2.24) is 0 Å². The monoisotopic (exact) mass is 563 g/mol. The average Bonchev–Trinajstić information content (AvgIpc) is 2.87. The van der Waals surface area contributed by atoms with Gasteiger partial charge in [-0.25, -0.2) is 0 Å². The molecule has 13 heteroatoms. The summed E-state index contributed by atoms with van der Waals surface area (Å²) in [6.45, 7) is 4.85. The van der Waals surface area contributed by atoms with Crippen LogP contribution in [0.5, 0.6) is 17.2 Å². The van der Waals surface area contributed by atoms with Gasteiger partial charge in [0, 0.05) is 24.1 Å². The fourth-order valence-electron chi connectivity index (χ4n) is 3.90. The minimum atomic E-state index is -4.83. The average molecular weight is 564 g/mol. The summed E-state index contributed by atoms with van der Waals surface area (Å²) in [6.07, 6.45) is 0. The Kier molecular flexibility index (Phi) is 7.79. The van der Waals surface area contributed by atoms with Crippen LogP contribution in [-0.4, -0.2) is 36.2 Å². The first-order chi connectivity index (χ1) is 18.9. The molecule has 12 nitrogen and oxygen atoms in total. The van der Waals surface area contributed by atoms with Crippen molar-refractivity contribution in [2.45, 2.75) is 25.7 Å². The first-order valence-corrected chi connectivity index (χ1v) is 13.2. The number of fused-ring (bicyclic) bond motifs is 1. The number of anilines is 1. The topological polar surface area (TPSA) is 183 Å². The number of phenolic OH excluding ortho intramolecular Hbond substituents is 2. The number of phenols is 2. The third-order valence-corrected chi connectivity index (χ3v) is 6.72. The zero-order valence-corrected chi connectivity index (χ0v) is 22.7. The van der Waals surface area contributed by atoms with Crippen LogP contribution < -0.4 is 10.1 Å². The summed E-state index contributed by atoms with van der Waals surface area (Å²) < 4.78 is 39.7. The van der Waals surface area contributed by atoms with E-state index in [1.807, 2.05) is 0 Å². The Morgan fingerprint density at radius 1 is 0.850 bits per heavy atom. The SMILES string of the molecule is COc1cc(N=Nc2ccc(O)cc2C)c(C)cc1N=Nc1c(S(=O)(=O)O)cc2cc(NC(C)=O)ccc2c1O. The first-order valence-electron chi connectivity index (χ1n) is 11.7. The fourth-order valence-corrected chi connectivity index (χ4v) is 4.56. The molecule has 0 aliphatic carbocycles. The molecule has 0 aliphatic rings. The van der Waals surface area contributed by atoms with Crippen LogP contribution in [0.2, 0.25) is 0 Å². The van der Waals surface area contributed by atoms with Gasteiger partial charge in [-0.2, -0.15) is 18.6 Å². The first kappa shape index (κ1) is 28.1. The summed E-state index contributed by atoms with van der Waals surface area (Å²) in [6, 6.07) is 13.4. The highest BCUT2D eigenvalue weighted by Gasteiger charge is 2.22. The van der Waals surface area contributed by atoms with Gasteiger partial charge in [0.15, 0.2) is 5.75 Å². The maximum absolute atomic E-state index is 12.2. The highest BCUT2D eigenvalue weighted by molar-refractivity contribution is 7.86. The zero-order valence-electron chi connectivity index (χ0n) is 21.9. The van der Waals surface area contributed by atoms with Crippen molar-refractivity contribution in [3.05, 3.63) is 65.7 Å². The van der Waals surface area contributed by atoms with Gasteiger partial charge in [-0.15, -0.1) is 10.2 Å². The molecule has 0 saturated heterocycles. The smallest absolute Gasteiger partial charge is 0.296 e. The molecule has 0 aliphatic heterocycles. The number of carbonyl (C=O) groups excluding carboxylic acids is 1. The predicted molar refractivity (Wildman–Crippen MR) is 149 cm³/mol. The molecule has 1 amide bonds. The summed E-state index contributed by atoms with van der Waals surface area (Å²) in [5.41, 5.74) is 2.48. The molecular weight excluding hydrogens is 538 g/mol. The summed E-state index contributed by atoms with van der Waals surface area (Å²) in [5, 5.41) is 40.1. The lowest BCUT2D eigenvalue weighted by atomic mass is 10.1. The van der Waals surface area contributed by atoms with E-state index in [4.69, 9.17) is 4.74 Å². The third kappa shape index (κ3) is 6.06.